The van der Waals surface area contributed by atoms with Crippen molar-refractivity contribution in [3.8, 4) is 11.4 Å². The predicted molar refractivity (Wildman–Crippen MR) is 136 cm³/mol. The molecule has 2 heterocycles. The van der Waals surface area contributed by atoms with Crippen molar-refractivity contribution in [1.82, 2.24) is 15.5 Å². The molecule has 4 aromatic rings. The van der Waals surface area contributed by atoms with E-state index in [1.54, 1.807) is 12.1 Å². The van der Waals surface area contributed by atoms with E-state index in [1.807, 2.05) is 78.6 Å². The number of nitrogens with zero attached hydrogens (tertiary/aromatic N) is 3. The molecule has 0 spiro atoms. The van der Waals surface area contributed by atoms with Gasteiger partial charge in [0.05, 0.1) is 11.6 Å². The van der Waals surface area contributed by atoms with Crippen molar-refractivity contribution in [1.29, 1.82) is 0 Å². The molecule has 0 radical (unpaired) electrons. The van der Waals surface area contributed by atoms with Gasteiger partial charge >= 0.3 is 0 Å². The summed E-state index contributed by atoms with van der Waals surface area (Å²) in [6, 6.07) is 24.6. The second-order valence-corrected chi connectivity index (χ2v) is 8.80. The van der Waals surface area contributed by atoms with Crippen LogP contribution in [0.4, 0.5) is 5.69 Å². The Kier molecular flexibility index (Phi) is 5.89. The molecule has 0 bridgehead atoms. The van der Waals surface area contributed by atoms with E-state index in [1.165, 1.54) is 0 Å². The molecule has 1 N–H and O–H groups in total. The number of nitrogens with one attached hydrogen (secondary N) is 1. The van der Waals surface area contributed by atoms with Crippen molar-refractivity contribution in [2.24, 2.45) is 0 Å². The van der Waals surface area contributed by atoms with Crippen LogP contribution >= 0.6 is 35.4 Å². The van der Waals surface area contributed by atoms with Crippen LogP contribution in [-0.4, -0.2) is 15.3 Å². The summed E-state index contributed by atoms with van der Waals surface area (Å²) in [5.74, 6) is 0.893. The molecule has 5 nitrogen and oxygen atoms in total. The largest absolute Gasteiger partial charge is 0.351 e. The molecule has 0 fully saturated rings. The van der Waals surface area contributed by atoms with Crippen LogP contribution in [0.3, 0.4) is 0 Å². The Labute approximate surface area is 206 Å². The van der Waals surface area contributed by atoms with Gasteiger partial charge in [-0.3, -0.25) is 4.90 Å². The van der Waals surface area contributed by atoms with Crippen LogP contribution in [0.15, 0.2) is 89.1 Å². The van der Waals surface area contributed by atoms with E-state index in [2.05, 4.69) is 10.5 Å². The van der Waals surface area contributed by atoms with E-state index in [0.29, 0.717) is 26.9 Å². The Hall–Kier alpha value is -3.19. The lowest BCUT2D eigenvalue weighted by Crippen LogP contribution is -2.46. The fourth-order valence-electron chi connectivity index (χ4n) is 3.89. The topological polar surface area (TPSA) is 54.2 Å². The fourth-order valence-corrected chi connectivity index (χ4v) is 4.56. The Bertz CT molecular complexity index is 1350. The number of rotatable bonds is 4. The molecule has 1 atom stereocenters. The van der Waals surface area contributed by atoms with E-state index < -0.39 is 0 Å². The highest BCUT2D eigenvalue weighted by Crippen LogP contribution is 2.39. The Balaban J connectivity index is 1.65. The first kappa shape index (κ1) is 21.6. The highest BCUT2D eigenvalue weighted by atomic mass is 35.5. The number of anilines is 1. The minimum absolute atomic E-state index is 0.257. The summed E-state index contributed by atoms with van der Waals surface area (Å²) in [6.45, 7) is 1.99. The summed E-state index contributed by atoms with van der Waals surface area (Å²) in [6.07, 6.45) is 0. The molecule has 3 aromatic carbocycles. The summed E-state index contributed by atoms with van der Waals surface area (Å²) in [5.41, 5.74) is 4.41. The summed E-state index contributed by atoms with van der Waals surface area (Å²) >= 11 is 18.0. The Morgan fingerprint density at radius 2 is 1.70 bits per heavy atom. The van der Waals surface area contributed by atoms with E-state index >= 15 is 0 Å². The normalized spacial score (nSPS) is 16.2. The minimum Gasteiger partial charge on any atom is -0.351 e. The lowest BCUT2D eigenvalue weighted by molar-refractivity contribution is 0.404. The number of hydrogen-bond donors (Lipinski definition) is 1. The third kappa shape index (κ3) is 4.25. The van der Waals surface area contributed by atoms with Gasteiger partial charge in [0.15, 0.2) is 5.11 Å². The van der Waals surface area contributed by atoms with E-state index in [9.17, 15) is 0 Å². The van der Waals surface area contributed by atoms with Gasteiger partial charge in [0.25, 0.3) is 5.89 Å². The number of thiocarbonyl (C=S) groups is 1. The van der Waals surface area contributed by atoms with Gasteiger partial charge in [-0.25, -0.2) is 0 Å². The fraction of sp³-hybridized carbons (Fsp3) is 0.0800. The van der Waals surface area contributed by atoms with Crippen LogP contribution < -0.4 is 10.2 Å². The maximum absolute atomic E-state index is 6.26. The third-order valence-corrected chi connectivity index (χ3v) is 6.23. The zero-order chi connectivity index (χ0) is 22.9. The number of aromatic nitrogens is 2. The zero-order valence-electron chi connectivity index (χ0n) is 17.5. The molecule has 5 rings (SSSR count). The van der Waals surface area contributed by atoms with E-state index in [4.69, 9.17) is 44.9 Å². The van der Waals surface area contributed by atoms with Crippen LogP contribution in [0, 0.1) is 0 Å². The van der Waals surface area contributed by atoms with Crippen LogP contribution in [0.5, 0.6) is 0 Å². The van der Waals surface area contributed by atoms with Crippen molar-refractivity contribution in [3.05, 3.63) is 106 Å². The molecule has 33 heavy (non-hydrogen) atoms. The maximum Gasteiger partial charge on any atom is 0.258 e. The molecule has 0 amide bonds. The van der Waals surface area contributed by atoms with Gasteiger partial charge in [0.1, 0.15) is 0 Å². The monoisotopic (exact) mass is 492 g/mol. The second kappa shape index (κ2) is 8.98. The van der Waals surface area contributed by atoms with Crippen LogP contribution in [0.25, 0.3) is 17.0 Å². The first-order valence-corrected chi connectivity index (χ1v) is 11.4. The van der Waals surface area contributed by atoms with Gasteiger partial charge in [-0.1, -0.05) is 64.8 Å². The Morgan fingerprint density at radius 3 is 2.42 bits per heavy atom. The van der Waals surface area contributed by atoms with Gasteiger partial charge in [-0.2, -0.15) is 4.98 Å². The van der Waals surface area contributed by atoms with Gasteiger partial charge in [-0.05, 0) is 67.2 Å². The van der Waals surface area contributed by atoms with E-state index in [0.717, 1.165) is 28.1 Å². The van der Waals surface area contributed by atoms with Crippen LogP contribution in [0.1, 0.15) is 24.4 Å². The number of benzene rings is 3. The van der Waals surface area contributed by atoms with Crippen molar-refractivity contribution in [3.63, 3.8) is 0 Å². The minimum atomic E-state index is -0.257. The summed E-state index contributed by atoms with van der Waals surface area (Å²) in [5, 5.41) is 9.50. The van der Waals surface area contributed by atoms with Gasteiger partial charge < -0.3 is 9.84 Å². The van der Waals surface area contributed by atoms with Crippen LogP contribution in [-0.2, 0) is 0 Å². The number of allylic oxidation sites excluding steroid dienone is 1. The first-order chi connectivity index (χ1) is 16.0. The highest BCUT2D eigenvalue weighted by Gasteiger charge is 2.34. The molecule has 0 aliphatic carbocycles. The van der Waals surface area contributed by atoms with Crippen LogP contribution in [0.2, 0.25) is 10.0 Å². The molecular formula is C25H18Cl2N4OS. The quantitative estimate of drug-likeness (QED) is 0.312. The molecule has 1 aromatic heterocycles. The average Bonchev–Trinajstić information content (AvgIpc) is 3.29. The molecular weight excluding hydrogens is 475 g/mol. The third-order valence-electron chi connectivity index (χ3n) is 5.44. The number of halogens is 2. The lowest BCUT2D eigenvalue weighted by atomic mass is 9.94. The lowest BCUT2D eigenvalue weighted by Gasteiger charge is -2.37. The standard InChI is InChI=1S/C25H18Cl2N4OS/c1-15-21(24-29-23(30-32-24)17-10-12-18(26)13-11-17)22(16-6-3-2-4-7-16)28-25(33)31(15)20-9-5-8-19(27)14-20/h2-14,22H,1H3,(H,28,33). The number of hydrogen-bond acceptors (Lipinski definition) is 4. The molecule has 164 valence electrons. The summed E-state index contributed by atoms with van der Waals surface area (Å²) in [7, 11) is 0. The van der Waals surface area contributed by atoms with Crippen molar-refractivity contribution in [2.75, 3.05) is 4.90 Å². The van der Waals surface area contributed by atoms with Gasteiger partial charge in [0.2, 0.25) is 5.82 Å². The molecule has 1 aliphatic rings. The highest BCUT2D eigenvalue weighted by molar-refractivity contribution is 7.80. The van der Waals surface area contributed by atoms with Crippen molar-refractivity contribution in [2.45, 2.75) is 13.0 Å². The molecule has 8 heteroatoms. The smallest absolute Gasteiger partial charge is 0.258 e. The molecule has 1 aliphatic heterocycles. The summed E-state index contributed by atoms with van der Waals surface area (Å²) < 4.78 is 5.77. The average molecular weight is 493 g/mol. The molecule has 0 saturated carbocycles. The van der Waals surface area contributed by atoms with Gasteiger partial charge in [-0.15, -0.1) is 0 Å². The van der Waals surface area contributed by atoms with Crippen molar-refractivity contribution >= 4 is 51.8 Å². The predicted octanol–water partition coefficient (Wildman–Crippen LogP) is 6.91. The maximum atomic E-state index is 6.26. The summed E-state index contributed by atoms with van der Waals surface area (Å²) in [4.78, 5) is 6.65. The van der Waals surface area contributed by atoms with Crippen molar-refractivity contribution < 1.29 is 4.52 Å². The molecule has 0 saturated heterocycles. The van der Waals surface area contributed by atoms with Gasteiger partial charge in [0, 0.05) is 27.0 Å². The first-order valence-electron chi connectivity index (χ1n) is 10.2. The van der Waals surface area contributed by atoms with E-state index in [-0.39, 0.29) is 6.04 Å². The Morgan fingerprint density at radius 1 is 0.939 bits per heavy atom. The SMILES string of the molecule is CC1=C(c2nc(-c3ccc(Cl)cc3)no2)C(c2ccccc2)NC(=S)N1c1cccc(Cl)c1. The second-order valence-electron chi connectivity index (χ2n) is 7.54. The zero-order valence-corrected chi connectivity index (χ0v) is 19.8. The molecule has 1 unspecified atom stereocenters.